The summed E-state index contributed by atoms with van der Waals surface area (Å²) in [5.41, 5.74) is 0. The van der Waals surface area contributed by atoms with E-state index in [-0.39, 0.29) is 24.5 Å². The van der Waals surface area contributed by atoms with Gasteiger partial charge in [0, 0.05) is 33.2 Å². The van der Waals surface area contributed by atoms with Gasteiger partial charge in [-0.1, -0.05) is 0 Å². The molecule has 114 valence electrons. The highest BCUT2D eigenvalue weighted by atomic mass is 16.4. The highest BCUT2D eigenvalue weighted by Crippen LogP contribution is 2.25. The van der Waals surface area contributed by atoms with Crippen LogP contribution >= 0.6 is 0 Å². The summed E-state index contributed by atoms with van der Waals surface area (Å²) < 4.78 is 0. The number of hydrogen-bond acceptors (Lipinski definition) is 3. The molecule has 0 spiro atoms. The Morgan fingerprint density at radius 3 is 2.30 bits per heavy atom. The number of aliphatic carboxylic acids is 1. The lowest BCUT2D eigenvalue weighted by Crippen LogP contribution is -2.49. The fraction of sp³-hybridized carbons (Fsp3) is 0.769. The van der Waals surface area contributed by atoms with Crippen LogP contribution in [-0.4, -0.2) is 77.5 Å². The molecule has 7 nitrogen and oxygen atoms in total. The van der Waals surface area contributed by atoms with Crippen LogP contribution in [-0.2, 0) is 9.59 Å². The molecule has 1 saturated heterocycles. The van der Waals surface area contributed by atoms with Crippen LogP contribution in [0.5, 0.6) is 0 Å². The molecule has 1 heterocycles. The van der Waals surface area contributed by atoms with Gasteiger partial charge in [0.15, 0.2) is 0 Å². The smallest absolute Gasteiger partial charge is 0.320 e. The number of rotatable bonds is 4. The molecular weight excluding hydrogens is 262 g/mol. The third-order valence-electron chi connectivity index (χ3n) is 3.80. The molecule has 0 aromatic heterocycles. The lowest BCUT2D eigenvalue weighted by Gasteiger charge is -2.30. The maximum atomic E-state index is 12.4. The minimum atomic E-state index is -0.875. The Bertz CT molecular complexity index is 397. The summed E-state index contributed by atoms with van der Waals surface area (Å²) in [7, 11) is 3.28. The van der Waals surface area contributed by atoms with Crippen molar-refractivity contribution in [3.8, 4) is 0 Å². The molecule has 0 saturated carbocycles. The van der Waals surface area contributed by atoms with Crippen LogP contribution < -0.4 is 0 Å². The van der Waals surface area contributed by atoms with Gasteiger partial charge < -0.3 is 19.8 Å². The zero-order valence-corrected chi connectivity index (χ0v) is 12.5. The van der Waals surface area contributed by atoms with Crippen molar-refractivity contribution in [2.45, 2.75) is 26.3 Å². The van der Waals surface area contributed by atoms with Crippen LogP contribution in [0.2, 0.25) is 0 Å². The second kappa shape index (κ2) is 6.58. The zero-order chi connectivity index (χ0) is 15.4. The number of carbonyl (C=O) groups excluding carboxylic acids is 2. The van der Waals surface area contributed by atoms with Crippen LogP contribution in [0.4, 0.5) is 4.79 Å². The molecule has 0 radical (unpaired) electrons. The zero-order valence-electron chi connectivity index (χ0n) is 12.5. The standard InChI is InChI=1S/C13H23N3O4/c1-5-15(8-11(17)14(3)4)13(20)16-7-6-10(9(16)2)12(18)19/h9-10H,5-8H2,1-4H3,(H,18,19). The molecule has 1 rings (SSSR count). The first-order chi connectivity index (χ1) is 9.29. The predicted molar refractivity (Wildman–Crippen MR) is 73.2 cm³/mol. The number of likely N-dealkylation sites (tertiary alicyclic amines) is 1. The number of amides is 3. The number of carboxylic acids is 1. The highest BCUT2D eigenvalue weighted by molar-refractivity contribution is 5.84. The Balaban J connectivity index is 2.73. The molecule has 1 fully saturated rings. The van der Waals surface area contributed by atoms with Crippen molar-refractivity contribution in [1.29, 1.82) is 0 Å². The van der Waals surface area contributed by atoms with Gasteiger partial charge >= 0.3 is 12.0 Å². The second-order valence-electron chi connectivity index (χ2n) is 5.25. The van der Waals surface area contributed by atoms with Crippen LogP contribution in [0.25, 0.3) is 0 Å². The van der Waals surface area contributed by atoms with Crippen molar-refractivity contribution in [2.75, 3.05) is 33.7 Å². The van der Waals surface area contributed by atoms with E-state index in [4.69, 9.17) is 5.11 Å². The molecular formula is C13H23N3O4. The molecule has 1 aliphatic rings. The Morgan fingerprint density at radius 2 is 1.90 bits per heavy atom. The number of nitrogens with zero attached hydrogens (tertiary/aromatic N) is 3. The first-order valence-corrected chi connectivity index (χ1v) is 6.78. The molecule has 20 heavy (non-hydrogen) atoms. The maximum absolute atomic E-state index is 12.4. The Hall–Kier alpha value is -1.79. The van der Waals surface area contributed by atoms with E-state index in [1.54, 1.807) is 32.8 Å². The maximum Gasteiger partial charge on any atom is 0.320 e. The summed E-state index contributed by atoms with van der Waals surface area (Å²) in [5.74, 6) is -1.55. The summed E-state index contributed by atoms with van der Waals surface area (Å²) in [6, 6.07) is -0.609. The fourth-order valence-corrected chi connectivity index (χ4v) is 2.34. The first kappa shape index (κ1) is 16.3. The van der Waals surface area contributed by atoms with E-state index >= 15 is 0 Å². The van der Waals surface area contributed by atoms with Crippen LogP contribution in [0, 0.1) is 5.92 Å². The fourth-order valence-electron chi connectivity index (χ4n) is 2.34. The van der Waals surface area contributed by atoms with E-state index in [0.29, 0.717) is 19.5 Å². The monoisotopic (exact) mass is 285 g/mol. The third-order valence-corrected chi connectivity index (χ3v) is 3.80. The van der Waals surface area contributed by atoms with Gasteiger partial charge in [-0.3, -0.25) is 9.59 Å². The number of carbonyl (C=O) groups is 3. The lowest BCUT2D eigenvalue weighted by atomic mass is 10.0. The molecule has 0 aromatic carbocycles. The Kier molecular flexibility index (Phi) is 5.35. The summed E-state index contributed by atoms with van der Waals surface area (Å²) in [6.45, 7) is 4.40. The van der Waals surface area contributed by atoms with Crippen molar-refractivity contribution in [3.05, 3.63) is 0 Å². The molecule has 0 aliphatic carbocycles. The van der Waals surface area contributed by atoms with Gasteiger partial charge in [0.1, 0.15) is 6.54 Å². The van der Waals surface area contributed by atoms with Crippen molar-refractivity contribution in [2.24, 2.45) is 5.92 Å². The number of likely N-dealkylation sites (N-methyl/N-ethyl adjacent to an activating group) is 2. The average Bonchev–Trinajstić information content (AvgIpc) is 2.76. The van der Waals surface area contributed by atoms with E-state index in [0.717, 1.165) is 0 Å². The van der Waals surface area contributed by atoms with Gasteiger partial charge in [-0.05, 0) is 20.3 Å². The van der Waals surface area contributed by atoms with Gasteiger partial charge in [-0.2, -0.15) is 0 Å². The van der Waals surface area contributed by atoms with Crippen molar-refractivity contribution < 1.29 is 19.5 Å². The van der Waals surface area contributed by atoms with Gasteiger partial charge in [0.25, 0.3) is 0 Å². The van der Waals surface area contributed by atoms with Crippen LogP contribution in [0.3, 0.4) is 0 Å². The summed E-state index contributed by atoms with van der Waals surface area (Å²) in [5, 5.41) is 9.08. The van der Waals surface area contributed by atoms with Gasteiger partial charge in [-0.25, -0.2) is 4.79 Å². The summed E-state index contributed by atoms with van der Waals surface area (Å²) in [6.07, 6.45) is 0.460. The SMILES string of the molecule is CCN(CC(=O)N(C)C)C(=O)N1CCC(C(=O)O)C1C. The minimum absolute atomic E-state index is 0.0172. The summed E-state index contributed by atoms with van der Waals surface area (Å²) in [4.78, 5) is 39.6. The van der Waals surface area contributed by atoms with Crippen molar-refractivity contribution in [1.82, 2.24) is 14.7 Å². The van der Waals surface area contributed by atoms with Crippen molar-refractivity contribution in [3.63, 3.8) is 0 Å². The normalized spacial score (nSPS) is 21.7. The van der Waals surface area contributed by atoms with E-state index in [1.807, 2.05) is 0 Å². The van der Waals surface area contributed by atoms with Gasteiger partial charge in [0.05, 0.1) is 5.92 Å². The molecule has 2 unspecified atom stereocenters. The molecule has 3 amide bonds. The quantitative estimate of drug-likeness (QED) is 0.806. The second-order valence-corrected chi connectivity index (χ2v) is 5.25. The molecule has 1 aliphatic heterocycles. The van der Waals surface area contributed by atoms with E-state index in [9.17, 15) is 14.4 Å². The molecule has 1 N–H and O–H groups in total. The third kappa shape index (κ3) is 3.40. The van der Waals surface area contributed by atoms with E-state index in [2.05, 4.69) is 0 Å². The summed E-state index contributed by atoms with van der Waals surface area (Å²) >= 11 is 0. The molecule has 0 aromatic rings. The van der Waals surface area contributed by atoms with E-state index in [1.165, 1.54) is 9.80 Å². The average molecular weight is 285 g/mol. The number of carboxylic acid groups (broad SMARTS) is 1. The molecule has 2 atom stereocenters. The predicted octanol–water partition coefficient (Wildman–Crippen LogP) is 0.312. The minimum Gasteiger partial charge on any atom is -0.481 e. The van der Waals surface area contributed by atoms with Crippen LogP contribution in [0.1, 0.15) is 20.3 Å². The largest absolute Gasteiger partial charge is 0.481 e. The number of hydrogen-bond donors (Lipinski definition) is 1. The lowest BCUT2D eigenvalue weighted by molar-refractivity contribution is -0.142. The van der Waals surface area contributed by atoms with Crippen LogP contribution in [0.15, 0.2) is 0 Å². The highest BCUT2D eigenvalue weighted by Gasteiger charge is 2.39. The topological polar surface area (TPSA) is 81.2 Å². The van der Waals surface area contributed by atoms with E-state index < -0.39 is 11.9 Å². The molecule has 7 heteroatoms. The molecule has 0 bridgehead atoms. The first-order valence-electron chi connectivity index (χ1n) is 6.78. The van der Waals surface area contributed by atoms with Gasteiger partial charge in [-0.15, -0.1) is 0 Å². The van der Waals surface area contributed by atoms with Gasteiger partial charge in [0.2, 0.25) is 5.91 Å². The Morgan fingerprint density at radius 1 is 1.30 bits per heavy atom. The van der Waals surface area contributed by atoms with Crippen molar-refractivity contribution >= 4 is 17.9 Å². The number of urea groups is 1. The Labute approximate surface area is 119 Å².